The van der Waals surface area contributed by atoms with Crippen LogP contribution in [0.5, 0.6) is 5.75 Å². The van der Waals surface area contributed by atoms with Gasteiger partial charge in [0.05, 0.1) is 24.0 Å². The number of carbonyl (C=O) groups is 1. The zero-order chi connectivity index (χ0) is 20.2. The van der Waals surface area contributed by atoms with Crippen molar-refractivity contribution >= 4 is 11.6 Å². The summed E-state index contributed by atoms with van der Waals surface area (Å²) in [5, 5.41) is 7.34. The van der Waals surface area contributed by atoms with Crippen LogP contribution in [0.15, 0.2) is 85.2 Å². The predicted octanol–water partition coefficient (Wildman–Crippen LogP) is 5.11. The van der Waals surface area contributed by atoms with Crippen LogP contribution in [-0.4, -0.2) is 22.8 Å². The van der Waals surface area contributed by atoms with Gasteiger partial charge in [-0.3, -0.25) is 4.79 Å². The number of aryl methyl sites for hydroxylation is 1. The lowest BCUT2D eigenvalue weighted by Gasteiger charge is -2.15. The van der Waals surface area contributed by atoms with E-state index in [2.05, 4.69) is 10.4 Å². The summed E-state index contributed by atoms with van der Waals surface area (Å²) < 4.78 is 6.98. The fraction of sp³-hybridized carbons (Fsp3) is 0.0833. The minimum Gasteiger partial charge on any atom is -0.497 e. The molecule has 0 radical (unpaired) electrons. The first-order valence-corrected chi connectivity index (χ1v) is 9.32. The Hall–Kier alpha value is -3.86. The molecule has 0 bridgehead atoms. The quantitative estimate of drug-likeness (QED) is 0.521. The third kappa shape index (κ3) is 3.75. The fourth-order valence-electron chi connectivity index (χ4n) is 3.36. The van der Waals surface area contributed by atoms with E-state index in [1.54, 1.807) is 18.0 Å². The number of para-hydroxylation sites is 2. The highest BCUT2D eigenvalue weighted by Gasteiger charge is 2.17. The number of amides is 1. The lowest BCUT2D eigenvalue weighted by molar-refractivity contribution is 0.102. The van der Waals surface area contributed by atoms with Crippen molar-refractivity contribution in [3.63, 3.8) is 0 Å². The molecule has 1 amide bonds. The van der Waals surface area contributed by atoms with Gasteiger partial charge in [0, 0.05) is 12.4 Å². The molecule has 0 unspecified atom stereocenters. The standard InChI is InChI=1S/C24H21N3O2/c1-17-7-5-8-20(18-11-13-19(29-2)14-12-18)23(17)24(28)26-21-9-3-4-10-22(21)27-16-6-15-25-27/h3-16H,1-2H3,(H,26,28). The van der Waals surface area contributed by atoms with Crippen molar-refractivity contribution < 1.29 is 9.53 Å². The zero-order valence-corrected chi connectivity index (χ0v) is 16.3. The Morgan fingerprint density at radius 3 is 2.48 bits per heavy atom. The molecule has 0 aliphatic heterocycles. The first-order valence-electron chi connectivity index (χ1n) is 9.32. The Balaban J connectivity index is 1.72. The molecule has 0 aliphatic rings. The van der Waals surface area contributed by atoms with E-state index in [-0.39, 0.29) is 5.91 Å². The predicted molar refractivity (Wildman–Crippen MR) is 115 cm³/mol. The second-order valence-electron chi connectivity index (χ2n) is 6.65. The summed E-state index contributed by atoms with van der Waals surface area (Å²) in [6.45, 7) is 1.95. The second-order valence-corrected chi connectivity index (χ2v) is 6.65. The average molecular weight is 383 g/mol. The summed E-state index contributed by atoms with van der Waals surface area (Å²) in [5.41, 5.74) is 4.90. The largest absolute Gasteiger partial charge is 0.497 e. The highest BCUT2D eigenvalue weighted by molar-refractivity contribution is 6.10. The first kappa shape index (κ1) is 18.5. The van der Waals surface area contributed by atoms with Crippen LogP contribution in [0.25, 0.3) is 16.8 Å². The molecular weight excluding hydrogens is 362 g/mol. The van der Waals surface area contributed by atoms with Crippen LogP contribution in [0.1, 0.15) is 15.9 Å². The number of nitrogens with zero attached hydrogens (tertiary/aromatic N) is 2. The van der Waals surface area contributed by atoms with Gasteiger partial charge in [-0.05, 0) is 53.9 Å². The normalized spacial score (nSPS) is 10.6. The lowest BCUT2D eigenvalue weighted by atomic mass is 9.95. The number of methoxy groups -OCH3 is 1. The average Bonchev–Trinajstić information content (AvgIpc) is 3.28. The number of carbonyl (C=O) groups excluding carboxylic acids is 1. The number of nitrogens with one attached hydrogen (secondary N) is 1. The van der Waals surface area contributed by atoms with E-state index in [4.69, 9.17) is 4.74 Å². The number of aromatic nitrogens is 2. The monoisotopic (exact) mass is 383 g/mol. The van der Waals surface area contributed by atoms with Crippen molar-refractivity contribution in [3.8, 4) is 22.6 Å². The maximum absolute atomic E-state index is 13.3. The molecule has 0 atom stereocenters. The van der Waals surface area contributed by atoms with Gasteiger partial charge in [-0.15, -0.1) is 0 Å². The molecule has 5 nitrogen and oxygen atoms in total. The van der Waals surface area contributed by atoms with E-state index < -0.39 is 0 Å². The highest BCUT2D eigenvalue weighted by atomic mass is 16.5. The van der Waals surface area contributed by atoms with E-state index in [9.17, 15) is 4.79 Å². The van der Waals surface area contributed by atoms with Crippen molar-refractivity contribution in [2.75, 3.05) is 12.4 Å². The van der Waals surface area contributed by atoms with Crippen molar-refractivity contribution in [1.82, 2.24) is 9.78 Å². The van der Waals surface area contributed by atoms with Crippen LogP contribution in [0, 0.1) is 6.92 Å². The minimum absolute atomic E-state index is 0.159. The zero-order valence-electron chi connectivity index (χ0n) is 16.3. The molecular formula is C24H21N3O2. The Morgan fingerprint density at radius 1 is 0.966 bits per heavy atom. The molecule has 29 heavy (non-hydrogen) atoms. The van der Waals surface area contributed by atoms with E-state index in [0.29, 0.717) is 11.3 Å². The van der Waals surface area contributed by atoms with Crippen molar-refractivity contribution in [2.45, 2.75) is 6.92 Å². The Bertz CT molecular complexity index is 1130. The lowest BCUT2D eigenvalue weighted by Crippen LogP contribution is -2.16. The van der Waals surface area contributed by atoms with Gasteiger partial charge >= 0.3 is 0 Å². The van der Waals surface area contributed by atoms with Crippen molar-refractivity contribution in [1.29, 1.82) is 0 Å². The van der Waals surface area contributed by atoms with Crippen molar-refractivity contribution in [2.24, 2.45) is 0 Å². The molecule has 1 aromatic heterocycles. The van der Waals surface area contributed by atoms with Crippen LogP contribution in [-0.2, 0) is 0 Å². The van der Waals surface area contributed by atoms with Gasteiger partial charge < -0.3 is 10.1 Å². The van der Waals surface area contributed by atoms with Crippen molar-refractivity contribution in [3.05, 3.63) is 96.3 Å². The Morgan fingerprint density at radius 2 is 1.76 bits per heavy atom. The van der Waals surface area contributed by atoms with E-state index in [0.717, 1.165) is 28.1 Å². The summed E-state index contributed by atoms with van der Waals surface area (Å²) in [5.74, 6) is 0.620. The minimum atomic E-state index is -0.159. The van der Waals surface area contributed by atoms with Gasteiger partial charge in [-0.25, -0.2) is 4.68 Å². The van der Waals surface area contributed by atoms with Gasteiger partial charge in [0.2, 0.25) is 0 Å². The molecule has 144 valence electrons. The molecule has 4 rings (SSSR count). The van der Waals surface area contributed by atoms with Gasteiger partial charge in [0.1, 0.15) is 5.75 Å². The fourth-order valence-corrected chi connectivity index (χ4v) is 3.36. The maximum Gasteiger partial charge on any atom is 0.256 e. The summed E-state index contributed by atoms with van der Waals surface area (Å²) in [6, 6.07) is 23.0. The molecule has 4 aromatic rings. The highest BCUT2D eigenvalue weighted by Crippen LogP contribution is 2.29. The molecule has 3 aromatic carbocycles. The third-order valence-electron chi connectivity index (χ3n) is 4.80. The topological polar surface area (TPSA) is 56.1 Å². The number of hydrogen-bond acceptors (Lipinski definition) is 3. The summed E-state index contributed by atoms with van der Waals surface area (Å²) >= 11 is 0. The maximum atomic E-state index is 13.3. The number of hydrogen-bond donors (Lipinski definition) is 1. The van der Waals surface area contributed by atoms with Gasteiger partial charge in [-0.1, -0.05) is 42.5 Å². The van der Waals surface area contributed by atoms with Gasteiger partial charge in [0.15, 0.2) is 0 Å². The molecule has 1 heterocycles. The smallest absolute Gasteiger partial charge is 0.256 e. The van der Waals surface area contributed by atoms with Gasteiger partial charge in [-0.2, -0.15) is 5.10 Å². The van der Waals surface area contributed by atoms with E-state index >= 15 is 0 Å². The number of rotatable bonds is 5. The number of ether oxygens (including phenoxy) is 1. The van der Waals surface area contributed by atoms with Gasteiger partial charge in [0.25, 0.3) is 5.91 Å². The molecule has 5 heteroatoms. The van der Waals surface area contributed by atoms with E-state index in [1.807, 2.05) is 85.9 Å². The Kier molecular flexibility index (Phi) is 5.12. The van der Waals surface area contributed by atoms with Crippen LogP contribution < -0.4 is 10.1 Å². The van der Waals surface area contributed by atoms with Crippen LogP contribution in [0.4, 0.5) is 5.69 Å². The van der Waals surface area contributed by atoms with Crippen LogP contribution >= 0.6 is 0 Å². The second kappa shape index (κ2) is 8.02. The molecule has 0 aliphatic carbocycles. The SMILES string of the molecule is COc1ccc(-c2cccc(C)c2C(=O)Nc2ccccc2-n2cccn2)cc1. The third-order valence-corrected chi connectivity index (χ3v) is 4.80. The molecule has 0 saturated carbocycles. The summed E-state index contributed by atoms with van der Waals surface area (Å²) in [6.07, 6.45) is 3.56. The number of benzene rings is 3. The number of anilines is 1. The molecule has 0 spiro atoms. The first-order chi connectivity index (χ1) is 14.2. The summed E-state index contributed by atoms with van der Waals surface area (Å²) in [7, 11) is 1.64. The Labute approximate surface area is 169 Å². The molecule has 0 fully saturated rings. The van der Waals surface area contributed by atoms with Crippen LogP contribution in [0.2, 0.25) is 0 Å². The molecule has 1 N–H and O–H groups in total. The summed E-state index contributed by atoms with van der Waals surface area (Å²) in [4.78, 5) is 13.3. The van der Waals surface area contributed by atoms with E-state index in [1.165, 1.54) is 0 Å². The van der Waals surface area contributed by atoms with Crippen LogP contribution in [0.3, 0.4) is 0 Å². The molecule has 0 saturated heterocycles.